The molecule has 1 amide bonds. The zero-order chi connectivity index (χ0) is 15.6. The van der Waals surface area contributed by atoms with E-state index in [0.29, 0.717) is 12.1 Å². The molecule has 0 saturated heterocycles. The molecule has 114 valence electrons. The molecular formula is C18H19BrN2O. The molecule has 1 fully saturated rings. The summed E-state index contributed by atoms with van der Waals surface area (Å²) in [7, 11) is 0. The Kier molecular flexibility index (Phi) is 4.32. The summed E-state index contributed by atoms with van der Waals surface area (Å²) in [6, 6.07) is 15.7. The Bertz CT molecular complexity index is 678. The first-order valence-corrected chi connectivity index (χ1v) is 8.30. The average molecular weight is 359 g/mol. The van der Waals surface area contributed by atoms with Gasteiger partial charge in [-0.2, -0.15) is 0 Å². The molecule has 0 radical (unpaired) electrons. The summed E-state index contributed by atoms with van der Waals surface area (Å²) in [4.78, 5) is 12.6. The van der Waals surface area contributed by atoms with E-state index in [-0.39, 0.29) is 11.4 Å². The van der Waals surface area contributed by atoms with Crippen molar-refractivity contribution < 1.29 is 4.79 Å². The highest BCUT2D eigenvalue weighted by molar-refractivity contribution is 9.10. The predicted molar refractivity (Wildman–Crippen MR) is 91.5 cm³/mol. The van der Waals surface area contributed by atoms with E-state index < -0.39 is 0 Å². The van der Waals surface area contributed by atoms with Crippen molar-refractivity contribution in [3.8, 4) is 0 Å². The Morgan fingerprint density at radius 3 is 2.45 bits per heavy atom. The third-order valence-corrected chi connectivity index (χ3v) is 4.88. The molecule has 1 aliphatic carbocycles. The molecule has 0 bridgehead atoms. The summed E-state index contributed by atoms with van der Waals surface area (Å²) in [6.07, 6.45) is 3.10. The second-order valence-corrected chi connectivity index (χ2v) is 6.72. The second-order valence-electron chi connectivity index (χ2n) is 5.80. The lowest BCUT2D eigenvalue weighted by atomic mass is 9.71. The van der Waals surface area contributed by atoms with Crippen LogP contribution in [0, 0.1) is 0 Å². The highest BCUT2D eigenvalue weighted by Gasteiger charge is 2.40. The van der Waals surface area contributed by atoms with Crippen LogP contribution in [0.2, 0.25) is 0 Å². The zero-order valence-electron chi connectivity index (χ0n) is 12.3. The van der Waals surface area contributed by atoms with E-state index in [1.165, 1.54) is 5.56 Å². The van der Waals surface area contributed by atoms with Crippen molar-refractivity contribution in [2.24, 2.45) is 5.73 Å². The van der Waals surface area contributed by atoms with Crippen LogP contribution in [0.1, 0.15) is 40.7 Å². The number of hydrogen-bond donors (Lipinski definition) is 2. The number of nitrogens with one attached hydrogen (secondary N) is 1. The molecule has 1 saturated carbocycles. The van der Waals surface area contributed by atoms with Gasteiger partial charge in [0.15, 0.2) is 0 Å². The summed E-state index contributed by atoms with van der Waals surface area (Å²) >= 11 is 3.51. The van der Waals surface area contributed by atoms with Gasteiger partial charge in [0.05, 0.1) is 5.54 Å². The van der Waals surface area contributed by atoms with Crippen molar-refractivity contribution >= 4 is 21.8 Å². The molecule has 0 heterocycles. The van der Waals surface area contributed by atoms with Gasteiger partial charge in [0.1, 0.15) is 0 Å². The van der Waals surface area contributed by atoms with Crippen LogP contribution < -0.4 is 11.1 Å². The number of carbonyl (C=O) groups is 1. The SMILES string of the molecule is NCc1ccc(C(=O)NC2(c3cccc(Br)c3)CCC2)cc1. The van der Waals surface area contributed by atoms with Crippen molar-refractivity contribution in [2.75, 3.05) is 0 Å². The Morgan fingerprint density at radius 1 is 1.18 bits per heavy atom. The van der Waals surface area contributed by atoms with E-state index in [4.69, 9.17) is 5.73 Å². The van der Waals surface area contributed by atoms with Crippen molar-refractivity contribution in [3.63, 3.8) is 0 Å². The van der Waals surface area contributed by atoms with Gasteiger partial charge in [0.25, 0.3) is 5.91 Å². The van der Waals surface area contributed by atoms with E-state index in [9.17, 15) is 4.79 Å². The van der Waals surface area contributed by atoms with Gasteiger partial charge in [-0.1, -0.05) is 40.2 Å². The van der Waals surface area contributed by atoms with E-state index in [0.717, 1.165) is 29.3 Å². The van der Waals surface area contributed by atoms with Gasteiger partial charge in [0.2, 0.25) is 0 Å². The zero-order valence-corrected chi connectivity index (χ0v) is 13.9. The van der Waals surface area contributed by atoms with Gasteiger partial charge in [-0.05, 0) is 54.7 Å². The van der Waals surface area contributed by atoms with Gasteiger partial charge >= 0.3 is 0 Å². The second kappa shape index (κ2) is 6.23. The van der Waals surface area contributed by atoms with Crippen LogP contribution in [-0.2, 0) is 12.1 Å². The van der Waals surface area contributed by atoms with Crippen LogP contribution in [0.15, 0.2) is 53.0 Å². The normalized spacial score (nSPS) is 15.9. The first kappa shape index (κ1) is 15.3. The van der Waals surface area contributed by atoms with E-state index in [1.807, 2.05) is 36.4 Å². The van der Waals surface area contributed by atoms with E-state index >= 15 is 0 Å². The van der Waals surface area contributed by atoms with Crippen LogP contribution in [0.4, 0.5) is 0 Å². The summed E-state index contributed by atoms with van der Waals surface area (Å²) in [5.74, 6) is -0.0248. The largest absolute Gasteiger partial charge is 0.343 e. The molecule has 0 unspecified atom stereocenters. The van der Waals surface area contributed by atoms with Gasteiger partial charge < -0.3 is 11.1 Å². The predicted octanol–water partition coefficient (Wildman–Crippen LogP) is 3.72. The Morgan fingerprint density at radius 2 is 1.91 bits per heavy atom. The lowest BCUT2D eigenvalue weighted by Gasteiger charge is -2.43. The summed E-state index contributed by atoms with van der Waals surface area (Å²) < 4.78 is 1.04. The monoisotopic (exact) mass is 358 g/mol. The van der Waals surface area contributed by atoms with E-state index in [1.54, 1.807) is 0 Å². The minimum Gasteiger partial charge on any atom is -0.343 e. The molecule has 1 aliphatic rings. The first-order valence-electron chi connectivity index (χ1n) is 7.50. The summed E-state index contributed by atoms with van der Waals surface area (Å²) in [5.41, 5.74) is 8.24. The molecule has 4 heteroatoms. The van der Waals surface area contributed by atoms with Crippen molar-refractivity contribution in [1.82, 2.24) is 5.32 Å². The molecule has 3 rings (SSSR count). The molecular weight excluding hydrogens is 340 g/mol. The number of nitrogens with two attached hydrogens (primary N) is 1. The molecule has 0 aliphatic heterocycles. The number of carbonyl (C=O) groups excluding carboxylic acids is 1. The highest BCUT2D eigenvalue weighted by atomic mass is 79.9. The molecule has 2 aromatic rings. The molecule has 22 heavy (non-hydrogen) atoms. The van der Waals surface area contributed by atoms with Crippen LogP contribution in [0.3, 0.4) is 0 Å². The van der Waals surface area contributed by atoms with Gasteiger partial charge in [-0.25, -0.2) is 0 Å². The first-order chi connectivity index (χ1) is 10.6. The number of hydrogen-bond acceptors (Lipinski definition) is 2. The number of rotatable bonds is 4. The maximum absolute atomic E-state index is 12.6. The van der Waals surface area contributed by atoms with Crippen LogP contribution in [0.25, 0.3) is 0 Å². The third kappa shape index (κ3) is 2.94. The standard InChI is InChI=1S/C18H19BrN2O/c19-16-4-1-3-15(11-16)18(9-2-10-18)21-17(22)14-7-5-13(12-20)6-8-14/h1,3-8,11H,2,9-10,12,20H2,(H,21,22). The van der Waals surface area contributed by atoms with Crippen molar-refractivity contribution in [1.29, 1.82) is 0 Å². The molecule has 2 aromatic carbocycles. The Hall–Kier alpha value is -1.65. The Balaban J connectivity index is 1.81. The lowest BCUT2D eigenvalue weighted by molar-refractivity contribution is 0.0823. The number of halogens is 1. The lowest BCUT2D eigenvalue weighted by Crippen LogP contribution is -2.50. The van der Waals surface area contributed by atoms with Crippen LogP contribution in [-0.4, -0.2) is 5.91 Å². The minimum atomic E-state index is -0.229. The fourth-order valence-electron chi connectivity index (χ4n) is 2.88. The average Bonchev–Trinajstić information content (AvgIpc) is 2.50. The molecule has 3 N–H and O–H groups in total. The smallest absolute Gasteiger partial charge is 0.251 e. The molecule has 3 nitrogen and oxygen atoms in total. The minimum absolute atomic E-state index is 0.0248. The number of benzene rings is 2. The summed E-state index contributed by atoms with van der Waals surface area (Å²) in [6.45, 7) is 0.490. The number of amides is 1. The van der Waals surface area contributed by atoms with E-state index in [2.05, 4.69) is 33.4 Å². The maximum atomic E-state index is 12.6. The molecule has 0 atom stereocenters. The Labute approximate surface area is 139 Å². The topological polar surface area (TPSA) is 55.1 Å². The fraction of sp³-hybridized carbons (Fsp3) is 0.278. The fourth-order valence-corrected chi connectivity index (χ4v) is 3.28. The highest BCUT2D eigenvalue weighted by Crippen LogP contribution is 2.42. The van der Waals surface area contributed by atoms with Gasteiger partial charge in [-0.3, -0.25) is 4.79 Å². The summed E-state index contributed by atoms with van der Waals surface area (Å²) in [5, 5.41) is 3.24. The van der Waals surface area contributed by atoms with Crippen LogP contribution >= 0.6 is 15.9 Å². The molecule has 0 spiro atoms. The van der Waals surface area contributed by atoms with Crippen LogP contribution in [0.5, 0.6) is 0 Å². The van der Waals surface area contributed by atoms with Crippen molar-refractivity contribution in [3.05, 3.63) is 69.7 Å². The molecule has 0 aromatic heterocycles. The van der Waals surface area contributed by atoms with Gasteiger partial charge in [-0.15, -0.1) is 0 Å². The maximum Gasteiger partial charge on any atom is 0.251 e. The third-order valence-electron chi connectivity index (χ3n) is 4.39. The van der Waals surface area contributed by atoms with Gasteiger partial charge in [0, 0.05) is 16.6 Å². The quantitative estimate of drug-likeness (QED) is 0.874. The van der Waals surface area contributed by atoms with Crippen molar-refractivity contribution in [2.45, 2.75) is 31.3 Å².